The van der Waals surface area contributed by atoms with Gasteiger partial charge in [-0.1, -0.05) is 37.7 Å². The van der Waals surface area contributed by atoms with Crippen LogP contribution in [0.2, 0.25) is 0 Å². The summed E-state index contributed by atoms with van der Waals surface area (Å²) in [4.78, 5) is 16.3. The molecule has 1 aromatic carbocycles. The van der Waals surface area contributed by atoms with Crippen molar-refractivity contribution in [2.75, 3.05) is 5.75 Å². The Kier molecular flexibility index (Phi) is 5.76. The van der Waals surface area contributed by atoms with Gasteiger partial charge in [-0.15, -0.1) is 11.3 Å². The number of hydrogen-bond acceptors (Lipinski definition) is 5. The van der Waals surface area contributed by atoms with Gasteiger partial charge in [-0.2, -0.15) is 5.10 Å². The van der Waals surface area contributed by atoms with Crippen LogP contribution in [0.25, 0.3) is 10.2 Å². The van der Waals surface area contributed by atoms with Crippen molar-refractivity contribution in [2.45, 2.75) is 31.5 Å². The first kappa shape index (κ1) is 16.0. The molecule has 1 amide bonds. The Morgan fingerprint density at radius 3 is 2.95 bits per heavy atom. The molecular formula is C15H19N3OS2. The first-order valence-corrected chi connectivity index (χ1v) is 8.71. The van der Waals surface area contributed by atoms with Crippen molar-refractivity contribution in [1.29, 1.82) is 0 Å². The molecule has 1 N–H and O–H groups in total. The number of carbonyl (C=O) groups excluding carboxylic acids is 1. The number of carbonyl (C=O) groups is 1. The fourth-order valence-electron chi connectivity index (χ4n) is 1.63. The smallest absolute Gasteiger partial charge is 0.250 e. The highest BCUT2D eigenvalue weighted by molar-refractivity contribution is 8.01. The molecule has 4 nitrogen and oxygen atoms in total. The first-order chi connectivity index (χ1) is 10.1. The third-order valence-electron chi connectivity index (χ3n) is 3.28. The predicted octanol–water partition coefficient (Wildman–Crippen LogP) is 3.93. The summed E-state index contributed by atoms with van der Waals surface area (Å²) in [6.45, 7) is 6.14. The van der Waals surface area contributed by atoms with Crippen LogP contribution >= 0.6 is 23.1 Å². The summed E-state index contributed by atoms with van der Waals surface area (Å²) in [6.07, 6.45) is 1.02. The molecule has 0 bridgehead atoms. The van der Waals surface area contributed by atoms with Gasteiger partial charge in [0.2, 0.25) is 0 Å². The maximum Gasteiger partial charge on any atom is 0.250 e. The lowest BCUT2D eigenvalue weighted by Gasteiger charge is -2.07. The average molecular weight is 321 g/mol. The van der Waals surface area contributed by atoms with Gasteiger partial charge in [-0.3, -0.25) is 4.79 Å². The zero-order valence-corrected chi connectivity index (χ0v) is 14.1. The summed E-state index contributed by atoms with van der Waals surface area (Å²) < 4.78 is 2.06. The molecule has 0 saturated carbocycles. The van der Waals surface area contributed by atoms with Crippen LogP contribution in [-0.2, 0) is 4.79 Å². The van der Waals surface area contributed by atoms with E-state index in [2.05, 4.69) is 29.4 Å². The van der Waals surface area contributed by atoms with Gasteiger partial charge in [-0.05, 0) is 31.4 Å². The number of amides is 1. The van der Waals surface area contributed by atoms with E-state index >= 15 is 0 Å². The number of hydrogen-bond donors (Lipinski definition) is 1. The predicted molar refractivity (Wildman–Crippen MR) is 91.1 cm³/mol. The van der Waals surface area contributed by atoms with Crippen LogP contribution in [-0.4, -0.2) is 22.4 Å². The van der Waals surface area contributed by atoms with Crippen LogP contribution < -0.4 is 5.43 Å². The Balaban J connectivity index is 1.86. The van der Waals surface area contributed by atoms with Gasteiger partial charge in [0.15, 0.2) is 4.34 Å². The fraction of sp³-hybridized carbons (Fsp3) is 0.400. The van der Waals surface area contributed by atoms with E-state index in [1.165, 1.54) is 11.8 Å². The molecule has 0 aliphatic rings. The van der Waals surface area contributed by atoms with E-state index in [9.17, 15) is 4.79 Å². The number of para-hydroxylation sites is 1. The number of aromatic nitrogens is 1. The van der Waals surface area contributed by atoms with Crippen molar-refractivity contribution in [1.82, 2.24) is 10.4 Å². The quantitative estimate of drug-likeness (QED) is 0.498. The highest BCUT2D eigenvalue weighted by Gasteiger charge is 2.08. The number of nitrogens with one attached hydrogen (secondary N) is 1. The lowest BCUT2D eigenvalue weighted by molar-refractivity contribution is -0.118. The Hall–Kier alpha value is -1.40. The second kappa shape index (κ2) is 7.56. The van der Waals surface area contributed by atoms with E-state index in [0.29, 0.717) is 11.7 Å². The van der Waals surface area contributed by atoms with Crippen LogP contribution in [0.1, 0.15) is 27.2 Å². The van der Waals surface area contributed by atoms with Gasteiger partial charge in [0.25, 0.3) is 5.91 Å². The maximum atomic E-state index is 11.8. The fourth-order valence-corrected chi connectivity index (χ4v) is 3.49. The molecule has 0 radical (unpaired) electrons. The van der Waals surface area contributed by atoms with Crippen LogP contribution in [0.3, 0.4) is 0 Å². The number of thioether (sulfide) groups is 1. The van der Waals surface area contributed by atoms with E-state index in [-0.39, 0.29) is 5.91 Å². The molecule has 21 heavy (non-hydrogen) atoms. The van der Waals surface area contributed by atoms with E-state index < -0.39 is 0 Å². The topological polar surface area (TPSA) is 54.4 Å². The van der Waals surface area contributed by atoms with E-state index in [1.54, 1.807) is 11.3 Å². The molecule has 1 aromatic heterocycles. The van der Waals surface area contributed by atoms with Crippen LogP contribution in [0, 0.1) is 5.92 Å². The third kappa shape index (κ3) is 4.54. The van der Waals surface area contributed by atoms with Gasteiger partial charge in [0, 0.05) is 5.71 Å². The van der Waals surface area contributed by atoms with Crippen LogP contribution in [0.4, 0.5) is 0 Å². The maximum absolute atomic E-state index is 11.8. The molecule has 1 atom stereocenters. The molecule has 0 unspecified atom stereocenters. The number of thiazole rings is 1. The first-order valence-electron chi connectivity index (χ1n) is 6.91. The monoisotopic (exact) mass is 321 g/mol. The minimum atomic E-state index is -0.0955. The number of fused-ring (bicyclic) bond motifs is 1. The lowest BCUT2D eigenvalue weighted by atomic mass is 10.1. The van der Waals surface area contributed by atoms with Gasteiger partial charge in [0.05, 0.1) is 16.0 Å². The van der Waals surface area contributed by atoms with Crippen molar-refractivity contribution < 1.29 is 4.79 Å². The van der Waals surface area contributed by atoms with Crippen molar-refractivity contribution >= 4 is 44.9 Å². The summed E-state index contributed by atoms with van der Waals surface area (Å²) in [6, 6.07) is 7.98. The van der Waals surface area contributed by atoms with Gasteiger partial charge >= 0.3 is 0 Å². The molecule has 2 rings (SSSR count). The molecule has 112 valence electrons. The summed E-state index contributed by atoms with van der Waals surface area (Å²) in [5.41, 5.74) is 4.54. The van der Waals surface area contributed by atoms with Crippen molar-refractivity contribution in [3.63, 3.8) is 0 Å². The zero-order valence-electron chi connectivity index (χ0n) is 12.4. The molecule has 6 heteroatoms. The van der Waals surface area contributed by atoms with E-state index in [1.807, 2.05) is 31.2 Å². The summed E-state index contributed by atoms with van der Waals surface area (Å²) >= 11 is 3.05. The molecule has 0 aliphatic heterocycles. The summed E-state index contributed by atoms with van der Waals surface area (Å²) in [7, 11) is 0. The standard InChI is InChI=1S/C15H19N3OS2/c1-4-10(2)11(3)17-18-14(19)9-20-15-16-12-7-5-6-8-13(12)21-15/h5-8,10H,4,9H2,1-3H3,(H,18,19)/b17-11-/t10-/m1/s1. The van der Waals surface area contributed by atoms with Gasteiger partial charge < -0.3 is 0 Å². The zero-order chi connectivity index (χ0) is 15.2. The molecule has 0 fully saturated rings. The minimum absolute atomic E-state index is 0.0955. The number of benzene rings is 1. The Morgan fingerprint density at radius 2 is 2.24 bits per heavy atom. The van der Waals surface area contributed by atoms with Gasteiger partial charge in [-0.25, -0.2) is 10.4 Å². The number of nitrogens with zero attached hydrogens (tertiary/aromatic N) is 2. The molecule has 1 heterocycles. The Bertz CT molecular complexity index is 618. The third-order valence-corrected chi connectivity index (χ3v) is 5.46. The summed E-state index contributed by atoms with van der Waals surface area (Å²) in [5.74, 6) is 0.626. The Labute approximate surface area is 133 Å². The molecule has 0 aliphatic carbocycles. The molecule has 2 aromatic rings. The number of rotatable bonds is 6. The normalized spacial score (nSPS) is 13.4. The van der Waals surface area contributed by atoms with Crippen LogP contribution in [0.5, 0.6) is 0 Å². The second-order valence-corrected chi connectivity index (χ2v) is 7.09. The van der Waals surface area contributed by atoms with Crippen molar-refractivity contribution in [3.8, 4) is 0 Å². The Morgan fingerprint density at radius 1 is 1.48 bits per heavy atom. The van der Waals surface area contributed by atoms with Gasteiger partial charge in [0.1, 0.15) is 0 Å². The van der Waals surface area contributed by atoms with Crippen LogP contribution in [0.15, 0.2) is 33.7 Å². The lowest BCUT2D eigenvalue weighted by Crippen LogP contribution is -2.22. The second-order valence-electron chi connectivity index (χ2n) is 4.83. The molecule has 0 saturated heterocycles. The molecule has 0 spiro atoms. The van der Waals surface area contributed by atoms with Crippen molar-refractivity contribution in [3.05, 3.63) is 24.3 Å². The molecular weight excluding hydrogens is 302 g/mol. The highest BCUT2D eigenvalue weighted by Crippen LogP contribution is 2.28. The number of hydrazone groups is 1. The van der Waals surface area contributed by atoms with Crippen molar-refractivity contribution in [2.24, 2.45) is 11.0 Å². The van der Waals surface area contributed by atoms with E-state index in [4.69, 9.17) is 0 Å². The minimum Gasteiger partial charge on any atom is -0.272 e. The largest absolute Gasteiger partial charge is 0.272 e. The SMILES string of the molecule is CC[C@@H](C)/C(C)=N\NC(=O)CSc1nc2ccccc2s1. The summed E-state index contributed by atoms with van der Waals surface area (Å²) in [5, 5.41) is 4.14. The van der Waals surface area contributed by atoms with E-state index in [0.717, 1.165) is 26.7 Å². The average Bonchev–Trinajstić information content (AvgIpc) is 2.92. The highest BCUT2D eigenvalue weighted by atomic mass is 32.2.